The second kappa shape index (κ2) is 6.91. The Bertz CT molecular complexity index is 990. The van der Waals surface area contributed by atoms with Crippen molar-refractivity contribution in [1.29, 1.82) is 0 Å². The number of thiazole rings is 1. The van der Waals surface area contributed by atoms with Crippen molar-refractivity contribution >= 4 is 27.5 Å². The predicted molar refractivity (Wildman–Crippen MR) is 101 cm³/mol. The highest BCUT2D eigenvalue weighted by molar-refractivity contribution is 7.20. The van der Waals surface area contributed by atoms with Crippen LogP contribution < -0.4 is 5.32 Å². The van der Waals surface area contributed by atoms with Gasteiger partial charge in [-0.25, -0.2) is 4.98 Å². The Morgan fingerprint density at radius 2 is 1.84 bits per heavy atom. The van der Waals surface area contributed by atoms with Crippen LogP contribution in [0, 0.1) is 0 Å². The molecule has 0 saturated heterocycles. The number of rotatable bonds is 5. The van der Waals surface area contributed by atoms with Crippen LogP contribution in [-0.2, 0) is 6.42 Å². The maximum Gasteiger partial charge on any atom is 0.251 e. The first-order chi connectivity index (χ1) is 12.3. The van der Waals surface area contributed by atoms with Crippen LogP contribution >= 0.6 is 11.3 Å². The Hall–Kier alpha value is -2.92. The van der Waals surface area contributed by atoms with Crippen molar-refractivity contribution in [3.8, 4) is 5.13 Å². The summed E-state index contributed by atoms with van der Waals surface area (Å²) in [4.78, 5) is 17.0. The third-order valence-corrected chi connectivity index (χ3v) is 5.04. The highest BCUT2D eigenvalue weighted by Crippen LogP contribution is 2.26. The average Bonchev–Trinajstić information content (AvgIpc) is 3.31. The van der Waals surface area contributed by atoms with Crippen molar-refractivity contribution in [3.05, 3.63) is 84.2 Å². The van der Waals surface area contributed by atoms with Crippen molar-refractivity contribution in [1.82, 2.24) is 14.9 Å². The lowest BCUT2D eigenvalue weighted by Gasteiger charge is -2.05. The van der Waals surface area contributed by atoms with E-state index in [1.807, 2.05) is 65.5 Å². The average molecular weight is 347 g/mol. The van der Waals surface area contributed by atoms with Gasteiger partial charge in [0, 0.05) is 24.5 Å². The van der Waals surface area contributed by atoms with Gasteiger partial charge in [-0.05, 0) is 42.3 Å². The fourth-order valence-corrected chi connectivity index (χ4v) is 3.67. The van der Waals surface area contributed by atoms with E-state index in [-0.39, 0.29) is 5.91 Å². The van der Waals surface area contributed by atoms with Gasteiger partial charge in [0.1, 0.15) is 0 Å². The molecule has 2 aromatic heterocycles. The summed E-state index contributed by atoms with van der Waals surface area (Å²) >= 11 is 1.58. The lowest BCUT2D eigenvalue weighted by molar-refractivity contribution is 0.0954. The second-order valence-corrected chi connectivity index (χ2v) is 6.77. The monoisotopic (exact) mass is 347 g/mol. The molecule has 0 spiro atoms. The summed E-state index contributed by atoms with van der Waals surface area (Å²) in [5.74, 6) is -0.0475. The number of hydrogen-bond donors (Lipinski definition) is 1. The molecule has 2 heterocycles. The zero-order valence-electron chi connectivity index (χ0n) is 13.6. The summed E-state index contributed by atoms with van der Waals surface area (Å²) in [5, 5.41) is 3.89. The van der Waals surface area contributed by atoms with Gasteiger partial charge in [-0.3, -0.25) is 4.79 Å². The van der Waals surface area contributed by atoms with E-state index in [0.29, 0.717) is 12.1 Å². The summed E-state index contributed by atoms with van der Waals surface area (Å²) in [7, 11) is 0. The lowest BCUT2D eigenvalue weighted by atomic mass is 10.1. The molecule has 2 aromatic carbocycles. The van der Waals surface area contributed by atoms with E-state index in [1.54, 1.807) is 11.3 Å². The second-order valence-electron chi connectivity index (χ2n) is 5.76. The van der Waals surface area contributed by atoms with Crippen molar-refractivity contribution in [3.63, 3.8) is 0 Å². The SMILES string of the molecule is O=C(NCCc1ccccc1)c1ccc2nc(-n3cccc3)sc2c1. The molecule has 4 nitrogen and oxygen atoms in total. The lowest BCUT2D eigenvalue weighted by Crippen LogP contribution is -2.25. The summed E-state index contributed by atoms with van der Waals surface area (Å²) in [6, 6.07) is 19.7. The topological polar surface area (TPSA) is 46.9 Å². The molecule has 0 saturated carbocycles. The zero-order valence-corrected chi connectivity index (χ0v) is 14.4. The van der Waals surface area contributed by atoms with E-state index in [1.165, 1.54) is 5.56 Å². The van der Waals surface area contributed by atoms with Crippen LogP contribution in [0.1, 0.15) is 15.9 Å². The van der Waals surface area contributed by atoms with Gasteiger partial charge in [0.05, 0.1) is 10.2 Å². The summed E-state index contributed by atoms with van der Waals surface area (Å²) in [5.41, 5.74) is 2.80. The summed E-state index contributed by atoms with van der Waals surface area (Å²) in [6.07, 6.45) is 4.76. The van der Waals surface area contributed by atoms with Crippen LogP contribution in [0.4, 0.5) is 0 Å². The number of amides is 1. The molecule has 0 aliphatic heterocycles. The minimum Gasteiger partial charge on any atom is -0.352 e. The number of nitrogens with zero attached hydrogens (tertiary/aromatic N) is 2. The van der Waals surface area contributed by atoms with Gasteiger partial charge in [0.15, 0.2) is 5.13 Å². The van der Waals surface area contributed by atoms with Crippen LogP contribution in [-0.4, -0.2) is 22.0 Å². The maximum absolute atomic E-state index is 12.4. The van der Waals surface area contributed by atoms with Crippen molar-refractivity contribution in [2.24, 2.45) is 0 Å². The van der Waals surface area contributed by atoms with Crippen LogP contribution in [0.5, 0.6) is 0 Å². The van der Waals surface area contributed by atoms with Crippen LogP contribution in [0.25, 0.3) is 15.3 Å². The first kappa shape index (κ1) is 15.6. The summed E-state index contributed by atoms with van der Waals surface area (Å²) < 4.78 is 2.99. The van der Waals surface area contributed by atoms with E-state index in [4.69, 9.17) is 0 Å². The first-order valence-corrected chi connectivity index (χ1v) is 8.97. The zero-order chi connectivity index (χ0) is 17.1. The van der Waals surface area contributed by atoms with Crippen LogP contribution in [0.15, 0.2) is 73.1 Å². The fraction of sp³-hybridized carbons (Fsp3) is 0.100. The maximum atomic E-state index is 12.4. The van der Waals surface area contributed by atoms with Crippen molar-refractivity contribution < 1.29 is 4.79 Å². The van der Waals surface area contributed by atoms with Gasteiger partial charge >= 0.3 is 0 Å². The van der Waals surface area contributed by atoms with Gasteiger partial charge in [0.2, 0.25) is 0 Å². The Morgan fingerprint density at radius 1 is 1.04 bits per heavy atom. The third-order valence-electron chi connectivity index (χ3n) is 4.01. The predicted octanol–water partition coefficient (Wildman–Crippen LogP) is 4.06. The number of nitrogens with one attached hydrogen (secondary N) is 1. The van der Waals surface area contributed by atoms with Crippen molar-refractivity contribution in [2.45, 2.75) is 6.42 Å². The summed E-state index contributed by atoms with van der Waals surface area (Å²) in [6.45, 7) is 0.623. The Balaban J connectivity index is 1.46. The molecule has 1 N–H and O–H groups in total. The molecule has 25 heavy (non-hydrogen) atoms. The number of carbonyl (C=O) groups is 1. The van der Waals surface area contributed by atoms with Gasteiger partial charge in [-0.1, -0.05) is 41.7 Å². The standard InChI is InChI=1S/C20H17N3OS/c24-19(21-11-10-15-6-2-1-3-7-15)16-8-9-17-18(14-16)25-20(22-17)23-12-4-5-13-23/h1-9,12-14H,10-11H2,(H,21,24). The van der Waals surface area contributed by atoms with Crippen LogP contribution in [0.2, 0.25) is 0 Å². The molecule has 0 bridgehead atoms. The molecule has 1 amide bonds. The molecule has 0 aliphatic carbocycles. The van der Waals surface area contributed by atoms with E-state index < -0.39 is 0 Å². The molecule has 5 heteroatoms. The van der Waals surface area contributed by atoms with Crippen LogP contribution in [0.3, 0.4) is 0 Å². The molecule has 0 radical (unpaired) electrons. The Labute approximate surface area is 149 Å². The highest BCUT2D eigenvalue weighted by Gasteiger charge is 2.10. The highest BCUT2D eigenvalue weighted by atomic mass is 32.1. The minimum atomic E-state index is -0.0475. The molecule has 0 aliphatic rings. The molecular weight excluding hydrogens is 330 g/mol. The molecular formula is C20H17N3OS. The molecule has 4 rings (SSSR count). The van der Waals surface area contributed by atoms with Crippen molar-refractivity contribution in [2.75, 3.05) is 6.54 Å². The van der Waals surface area contributed by atoms with Gasteiger partial charge in [-0.15, -0.1) is 0 Å². The first-order valence-electron chi connectivity index (χ1n) is 8.16. The molecule has 124 valence electrons. The normalized spacial score (nSPS) is 10.9. The number of fused-ring (bicyclic) bond motifs is 1. The smallest absolute Gasteiger partial charge is 0.251 e. The van der Waals surface area contributed by atoms with E-state index in [0.717, 1.165) is 21.8 Å². The number of aromatic nitrogens is 2. The van der Waals surface area contributed by atoms with Gasteiger partial charge < -0.3 is 9.88 Å². The molecule has 4 aromatic rings. The molecule has 0 unspecified atom stereocenters. The third kappa shape index (κ3) is 3.46. The van der Waals surface area contributed by atoms with Gasteiger partial charge in [0.25, 0.3) is 5.91 Å². The number of hydrogen-bond acceptors (Lipinski definition) is 3. The Kier molecular flexibility index (Phi) is 4.31. The molecule has 0 atom stereocenters. The Morgan fingerprint density at radius 3 is 2.64 bits per heavy atom. The fourth-order valence-electron chi connectivity index (χ4n) is 2.69. The number of carbonyl (C=O) groups excluding carboxylic acids is 1. The van der Waals surface area contributed by atoms with E-state index >= 15 is 0 Å². The largest absolute Gasteiger partial charge is 0.352 e. The van der Waals surface area contributed by atoms with E-state index in [9.17, 15) is 4.79 Å². The quantitative estimate of drug-likeness (QED) is 0.592. The minimum absolute atomic E-state index is 0.0475. The van der Waals surface area contributed by atoms with Gasteiger partial charge in [-0.2, -0.15) is 0 Å². The molecule has 0 fully saturated rings. The van der Waals surface area contributed by atoms with E-state index in [2.05, 4.69) is 22.4 Å². The number of benzene rings is 2.